The zero-order valence-corrected chi connectivity index (χ0v) is 13.5. The molecule has 2 aromatic rings. The van der Waals surface area contributed by atoms with Gasteiger partial charge < -0.3 is 30.2 Å². The molecule has 0 radical (unpaired) electrons. The first kappa shape index (κ1) is 15.4. The molecule has 0 unspecified atom stereocenters. The fourth-order valence-electron chi connectivity index (χ4n) is 2.75. The Labute approximate surface area is 134 Å². The van der Waals surface area contributed by atoms with Crippen LogP contribution in [0.5, 0.6) is 17.2 Å². The zero-order valence-electron chi connectivity index (χ0n) is 13.5. The molecule has 0 amide bonds. The number of nitrogens with one attached hydrogen (secondary N) is 1. The summed E-state index contributed by atoms with van der Waals surface area (Å²) in [6.45, 7) is 3.45. The predicted octanol–water partition coefficient (Wildman–Crippen LogP) is 0.647. The number of aromatic nitrogens is 2. The summed E-state index contributed by atoms with van der Waals surface area (Å²) in [5.41, 5.74) is 6.77. The molecule has 0 saturated carbocycles. The highest BCUT2D eigenvalue weighted by Crippen LogP contribution is 2.44. The van der Waals surface area contributed by atoms with Crippen LogP contribution in [0, 0.1) is 0 Å². The van der Waals surface area contributed by atoms with Crippen molar-refractivity contribution in [3.63, 3.8) is 0 Å². The number of hydrogen-bond acceptors (Lipinski definition) is 8. The third-order valence-corrected chi connectivity index (χ3v) is 3.91. The van der Waals surface area contributed by atoms with E-state index in [4.69, 9.17) is 19.9 Å². The van der Waals surface area contributed by atoms with Gasteiger partial charge in [-0.25, -0.2) is 4.98 Å². The Morgan fingerprint density at radius 2 is 1.74 bits per heavy atom. The maximum Gasteiger partial charge on any atom is 0.228 e. The highest BCUT2D eigenvalue weighted by molar-refractivity contribution is 5.97. The summed E-state index contributed by atoms with van der Waals surface area (Å²) in [5.74, 6) is 2.51. The number of methoxy groups -OCH3 is 3. The van der Waals surface area contributed by atoms with E-state index < -0.39 is 0 Å². The lowest BCUT2D eigenvalue weighted by Crippen LogP contribution is -2.44. The van der Waals surface area contributed by atoms with Crippen molar-refractivity contribution in [3.05, 3.63) is 6.07 Å². The van der Waals surface area contributed by atoms with Gasteiger partial charge >= 0.3 is 0 Å². The molecule has 0 aliphatic carbocycles. The number of piperazine rings is 1. The molecule has 0 bridgehead atoms. The van der Waals surface area contributed by atoms with Crippen LogP contribution in [0.3, 0.4) is 0 Å². The number of nitrogens with zero attached hydrogens (tertiary/aromatic N) is 3. The Bertz CT molecular complexity index is 716. The number of benzene rings is 1. The zero-order chi connectivity index (χ0) is 16.4. The van der Waals surface area contributed by atoms with Crippen LogP contribution in [-0.2, 0) is 0 Å². The number of anilines is 2. The average Bonchev–Trinajstić information content (AvgIpc) is 2.60. The molecular weight excluding hydrogens is 298 g/mol. The first-order valence-electron chi connectivity index (χ1n) is 7.41. The molecule has 1 aliphatic heterocycles. The summed E-state index contributed by atoms with van der Waals surface area (Å²) in [6.07, 6.45) is 0. The normalized spacial score (nSPS) is 14.8. The fraction of sp³-hybridized carbons (Fsp3) is 0.467. The van der Waals surface area contributed by atoms with Gasteiger partial charge in [-0.2, -0.15) is 4.98 Å². The molecular formula is C15H21N5O3. The maximum absolute atomic E-state index is 6.16. The molecule has 8 heteroatoms. The summed E-state index contributed by atoms with van der Waals surface area (Å²) in [5, 5.41) is 3.98. The second-order valence-electron chi connectivity index (χ2n) is 5.19. The smallest absolute Gasteiger partial charge is 0.228 e. The Balaban J connectivity index is 2.21. The van der Waals surface area contributed by atoms with E-state index in [1.807, 2.05) is 0 Å². The average molecular weight is 319 g/mol. The van der Waals surface area contributed by atoms with Crippen molar-refractivity contribution in [1.29, 1.82) is 0 Å². The van der Waals surface area contributed by atoms with Gasteiger partial charge in [0.15, 0.2) is 11.5 Å². The summed E-state index contributed by atoms with van der Waals surface area (Å²) in [6, 6.07) is 1.77. The number of nitrogens with two attached hydrogens (primary N) is 1. The van der Waals surface area contributed by atoms with Crippen LogP contribution in [0.25, 0.3) is 10.9 Å². The molecule has 3 rings (SSSR count). The number of nitrogen functional groups attached to an aromatic ring is 1. The van der Waals surface area contributed by atoms with Gasteiger partial charge in [-0.15, -0.1) is 0 Å². The Morgan fingerprint density at radius 1 is 1.04 bits per heavy atom. The van der Waals surface area contributed by atoms with E-state index >= 15 is 0 Å². The van der Waals surface area contributed by atoms with Crippen LogP contribution in [0.4, 0.5) is 11.8 Å². The van der Waals surface area contributed by atoms with E-state index in [1.165, 1.54) is 0 Å². The van der Waals surface area contributed by atoms with E-state index in [9.17, 15) is 0 Å². The van der Waals surface area contributed by atoms with Gasteiger partial charge in [-0.05, 0) is 6.07 Å². The number of hydrogen-bond donors (Lipinski definition) is 2. The predicted molar refractivity (Wildman–Crippen MR) is 88.7 cm³/mol. The van der Waals surface area contributed by atoms with Gasteiger partial charge in [0.1, 0.15) is 11.3 Å². The second-order valence-corrected chi connectivity index (χ2v) is 5.19. The third kappa shape index (κ3) is 2.65. The van der Waals surface area contributed by atoms with Crippen LogP contribution in [0.1, 0.15) is 0 Å². The third-order valence-electron chi connectivity index (χ3n) is 3.91. The van der Waals surface area contributed by atoms with Crippen LogP contribution < -0.4 is 30.2 Å². The second kappa shape index (κ2) is 6.33. The highest BCUT2D eigenvalue weighted by atomic mass is 16.5. The molecule has 1 fully saturated rings. The molecule has 2 heterocycles. The van der Waals surface area contributed by atoms with Crippen molar-refractivity contribution < 1.29 is 14.2 Å². The van der Waals surface area contributed by atoms with Gasteiger partial charge in [0.05, 0.1) is 26.7 Å². The summed E-state index contributed by atoms with van der Waals surface area (Å²) >= 11 is 0. The molecule has 0 spiro atoms. The molecule has 1 aromatic carbocycles. The minimum absolute atomic E-state index is 0.391. The molecule has 0 atom stereocenters. The van der Waals surface area contributed by atoms with Crippen LogP contribution in [0.15, 0.2) is 6.07 Å². The number of fused-ring (bicyclic) bond motifs is 1. The van der Waals surface area contributed by atoms with E-state index in [1.54, 1.807) is 27.4 Å². The van der Waals surface area contributed by atoms with Crippen LogP contribution in [-0.4, -0.2) is 57.5 Å². The molecule has 1 saturated heterocycles. The standard InChI is InChI=1S/C15H21N5O3/c1-21-10-8-9-11(13(23-3)12(10)22-2)18-15(19-14(9)16)20-6-4-17-5-7-20/h8,17H,4-7H2,1-3H3,(H2,16,18,19). The van der Waals surface area contributed by atoms with Crippen molar-refractivity contribution in [3.8, 4) is 17.2 Å². The van der Waals surface area contributed by atoms with Crippen LogP contribution >= 0.6 is 0 Å². The molecule has 1 aromatic heterocycles. The van der Waals surface area contributed by atoms with Gasteiger partial charge in [0.25, 0.3) is 0 Å². The Morgan fingerprint density at radius 3 is 2.35 bits per heavy atom. The summed E-state index contributed by atoms with van der Waals surface area (Å²) < 4.78 is 16.3. The summed E-state index contributed by atoms with van der Waals surface area (Å²) in [7, 11) is 4.70. The van der Waals surface area contributed by atoms with Gasteiger partial charge in [0, 0.05) is 26.2 Å². The van der Waals surface area contributed by atoms with E-state index in [0.717, 1.165) is 26.2 Å². The first-order chi connectivity index (χ1) is 11.2. The molecule has 3 N–H and O–H groups in total. The van der Waals surface area contributed by atoms with Gasteiger partial charge in [0.2, 0.25) is 11.7 Å². The lowest BCUT2D eigenvalue weighted by Gasteiger charge is -2.28. The monoisotopic (exact) mass is 319 g/mol. The number of ether oxygens (including phenoxy) is 3. The summed E-state index contributed by atoms with van der Waals surface area (Å²) in [4.78, 5) is 11.2. The lowest BCUT2D eigenvalue weighted by molar-refractivity contribution is 0.327. The number of rotatable bonds is 4. The quantitative estimate of drug-likeness (QED) is 0.848. The molecule has 124 valence electrons. The molecule has 23 heavy (non-hydrogen) atoms. The largest absolute Gasteiger partial charge is 0.493 e. The first-order valence-corrected chi connectivity index (χ1v) is 7.41. The Hall–Kier alpha value is -2.48. The minimum Gasteiger partial charge on any atom is -0.493 e. The minimum atomic E-state index is 0.391. The molecule has 1 aliphatic rings. The van der Waals surface area contributed by atoms with E-state index in [0.29, 0.717) is 39.9 Å². The lowest BCUT2D eigenvalue weighted by atomic mass is 10.2. The van der Waals surface area contributed by atoms with Gasteiger partial charge in [-0.3, -0.25) is 0 Å². The molecule has 8 nitrogen and oxygen atoms in total. The van der Waals surface area contributed by atoms with Crippen molar-refractivity contribution in [2.75, 3.05) is 58.1 Å². The topological polar surface area (TPSA) is 94.8 Å². The SMILES string of the molecule is COc1cc2c(N)nc(N3CCNCC3)nc2c(OC)c1OC. The van der Waals surface area contributed by atoms with E-state index in [-0.39, 0.29) is 0 Å². The Kier molecular flexibility index (Phi) is 4.24. The highest BCUT2D eigenvalue weighted by Gasteiger charge is 2.22. The van der Waals surface area contributed by atoms with Crippen molar-refractivity contribution in [2.24, 2.45) is 0 Å². The fourth-order valence-corrected chi connectivity index (χ4v) is 2.75. The van der Waals surface area contributed by atoms with Crippen LogP contribution in [0.2, 0.25) is 0 Å². The van der Waals surface area contributed by atoms with Crippen molar-refractivity contribution in [2.45, 2.75) is 0 Å². The van der Waals surface area contributed by atoms with Gasteiger partial charge in [-0.1, -0.05) is 0 Å². The van der Waals surface area contributed by atoms with E-state index in [2.05, 4.69) is 20.2 Å². The van der Waals surface area contributed by atoms with Crippen molar-refractivity contribution >= 4 is 22.7 Å². The maximum atomic E-state index is 6.16. The van der Waals surface area contributed by atoms with Crippen molar-refractivity contribution in [1.82, 2.24) is 15.3 Å².